The van der Waals surface area contributed by atoms with Crippen molar-refractivity contribution in [3.05, 3.63) is 221 Å². The lowest BCUT2D eigenvalue weighted by Crippen LogP contribution is -2.21. The highest BCUT2D eigenvalue weighted by Crippen LogP contribution is 2.30. The third kappa shape index (κ3) is 36.3. The number of fused-ring (bicyclic) bond motifs is 1. The third-order valence-corrected chi connectivity index (χ3v) is 12.7. The lowest BCUT2D eigenvalue weighted by Gasteiger charge is -2.15. The summed E-state index contributed by atoms with van der Waals surface area (Å²) in [7, 11) is 0. The van der Waals surface area contributed by atoms with Gasteiger partial charge in [0.05, 0.1) is 42.3 Å². The lowest BCUT2D eigenvalue weighted by atomic mass is 9.89. The maximum atomic E-state index is 11.6. The second-order valence-electron chi connectivity index (χ2n) is 20.1. The number of hydrogen-bond acceptors (Lipinski definition) is 30. The number of pyridine rings is 3. The molecule has 33 nitrogen and oxygen atoms in total. The first-order chi connectivity index (χ1) is 49.3. The minimum atomic E-state index is -1.69. The van der Waals surface area contributed by atoms with E-state index in [9.17, 15) is 63.8 Å². The number of nitrogens with zero attached hydrogens (tertiary/aromatic N) is 11. The summed E-state index contributed by atoms with van der Waals surface area (Å²) in [5.74, 6) is -1.08. The highest BCUT2D eigenvalue weighted by Gasteiger charge is 2.22. The van der Waals surface area contributed by atoms with Gasteiger partial charge in [0, 0.05) is 52.1 Å². The standard InChI is InChI=1S/C14H11N3O.C11H13NO2.C10H11N3.C10H6N2.C8H9N3O4.C7H10O2.C5H10N2O2.C3H2N2.C3H3NO4.H3N/c1-9(18)12-8-17-14(16)11(7-15)13(12)10-5-3-2-4-6-10;1-2-14-11(12)8-10(13)9-6-4-3-5-7-9;11-6-8-5-7-3-1-2-4-9(7)13-10(8)12;11-7-10(8-12)6-9-4-2-1-3-5-9;1-2-15-8(12)6-3-5(11(13)14)4-10-7(6)9;8-5-6-3-1-2-4-7(6)9;1-2-9-5(8)3-4(6)7;1-5-3-2-4;5-1-3(2-6)4(7)8;/h2-6,8H,1H3,(H2,16,17);3-8H,2,12H2,1H3;5H,1-4H2,(H2,12,13);1-6H;3-4H,2H2,1H3,(H2,9,10);5-6H,1-4H2;3H,2,6-7H2,1H3;3H2;1-3H;1H3/b;11-8-;;;;;;;;. The number of anilines is 3. The first-order valence-corrected chi connectivity index (χ1v) is 30.6. The number of ketones is 3. The number of carbonyl (C=O) groups is 8. The number of ether oxygens (including phenoxy) is 3. The Morgan fingerprint density at radius 3 is 1.72 bits per heavy atom. The molecule has 0 aliphatic heterocycles. The molecule has 0 saturated heterocycles. The first-order valence-electron chi connectivity index (χ1n) is 30.6. The molecule has 2 aliphatic carbocycles. The molecule has 0 radical (unpaired) electrons. The van der Waals surface area contributed by atoms with Crippen molar-refractivity contribution in [1.29, 1.82) is 26.3 Å². The normalized spacial score (nSPS) is 11.3. The number of nitrogens with two attached hydrogens (primary N) is 6. The van der Waals surface area contributed by atoms with E-state index in [-0.39, 0.29) is 101 Å². The highest BCUT2D eigenvalue weighted by molar-refractivity contribution is 6.05. The number of nitriles is 5. The Bertz CT molecular complexity index is 4170. The summed E-state index contributed by atoms with van der Waals surface area (Å²) < 4.78 is 14.1. The van der Waals surface area contributed by atoms with Gasteiger partial charge in [0.2, 0.25) is 12.6 Å². The number of nitro groups is 2. The topological polar surface area (TPSA) is 604 Å². The lowest BCUT2D eigenvalue weighted by molar-refractivity contribution is -0.489. The highest BCUT2D eigenvalue weighted by atomic mass is 16.6. The Kier molecular flexibility index (Phi) is 47.2. The molecule has 8 rings (SSSR count). The van der Waals surface area contributed by atoms with E-state index in [0.29, 0.717) is 47.7 Å². The quantitative estimate of drug-likeness (QED) is 0.00409. The van der Waals surface area contributed by atoms with Gasteiger partial charge in [-0.1, -0.05) is 97.4 Å². The summed E-state index contributed by atoms with van der Waals surface area (Å²) in [6, 6.07) is 38.0. The zero-order valence-electron chi connectivity index (χ0n) is 57.3. The van der Waals surface area contributed by atoms with E-state index in [1.54, 1.807) is 62.4 Å². The molecule has 542 valence electrons. The molecular weight excluding hydrogens is 1340 g/mol. The van der Waals surface area contributed by atoms with Crippen molar-refractivity contribution in [2.45, 2.75) is 85.1 Å². The number of hydrogen-bond donors (Lipinski definition) is 7. The minimum absolute atomic E-state index is 0. The second-order valence-corrected chi connectivity index (χ2v) is 20.1. The van der Waals surface area contributed by atoms with Gasteiger partial charge in [-0.15, -0.1) is 0 Å². The summed E-state index contributed by atoms with van der Waals surface area (Å²) in [5, 5.41) is 62.4. The average molecular weight is 1420 g/mol. The third-order valence-electron chi connectivity index (χ3n) is 12.7. The maximum absolute atomic E-state index is 11.6. The van der Waals surface area contributed by atoms with Gasteiger partial charge >= 0.3 is 18.0 Å². The van der Waals surface area contributed by atoms with Crippen molar-refractivity contribution in [2.75, 3.05) is 43.6 Å². The molecule has 6 aromatic rings. The van der Waals surface area contributed by atoms with Crippen molar-refractivity contribution in [3.63, 3.8) is 0 Å². The number of Topliss-reactive ketones (excluding diaryl/α,β-unsaturated/α-hetero) is 2. The molecule has 1 saturated carbocycles. The van der Waals surface area contributed by atoms with Gasteiger partial charge in [-0.3, -0.25) is 44.2 Å². The van der Waals surface area contributed by atoms with Crippen LogP contribution in [0.25, 0.3) is 22.0 Å². The van der Waals surface area contributed by atoms with Crippen LogP contribution >= 0.6 is 0 Å². The zero-order valence-corrected chi connectivity index (χ0v) is 57.3. The van der Waals surface area contributed by atoms with E-state index in [1.807, 2.05) is 85.8 Å². The van der Waals surface area contributed by atoms with E-state index in [2.05, 4.69) is 35.3 Å². The van der Waals surface area contributed by atoms with Crippen LogP contribution in [0, 0.1) is 89.4 Å². The van der Waals surface area contributed by atoms with Gasteiger partial charge in [0.1, 0.15) is 88.6 Å². The monoisotopic (exact) mass is 1420 g/mol. The summed E-state index contributed by atoms with van der Waals surface area (Å²) in [5.41, 5.74) is 38.1. The molecule has 3 aromatic heterocycles. The van der Waals surface area contributed by atoms with Crippen LogP contribution in [0.3, 0.4) is 0 Å². The zero-order chi connectivity index (χ0) is 77.7. The molecule has 1 atom stereocenters. The first kappa shape index (κ1) is 91.6. The number of allylic oxidation sites excluding steroid dienone is 2. The van der Waals surface area contributed by atoms with Crippen LogP contribution in [0.5, 0.6) is 0 Å². The number of esters is 2. The van der Waals surface area contributed by atoms with Gasteiger partial charge in [-0.05, 0) is 95.1 Å². The van der Waals surface area contributed by atoms with Gasteiger partial charge in [0.15, 0.2) is 17.4 Å². The van der Waals surface area contributed by atoms with E-state index in [4.69, 9.17) is 66.8 Å². The minimum Gasteiger partial charge on any atom is -0.480 e. The van der Waals surface area contributed by atoms with E-state index >= 15 is 0 Å². The number of rotatable bonds is 16. The molecule has 1 unspecified atom stereocenters. The van der Waals surface area contributed by atoms with Crippen LogP contribution in [0.2, 0.25) is 0 Å². The Labute approximate surface area is 599 Å². The molecule has 33 heteroatoms. The maximum Gasteiger partial charge on any atom is 0.342 e. The van der Waals surface area contributed by atoms with Crippen LogP contribution in [0.1, 0.15) is 125 Å². The number of nitrogen functional groups attached to an aromatic ring is 3. The number of benzene rings is 3. The molecule has 104 heavy (non-hydrogen) atoms. The molecule has 3 heterocycles. The van der Waals surface area contributed by atoms with Gasteiger partial charge in [-0.2, -0.15) is 26.3 Å². The van der Waals surface area contributed by atoms with Crippen LogP contribution in [0.15, 0.2) is 145 Å². The van der Waals surface area contributed by atoms with Gasteiger partial charge in [-0.25, -0.2) is 31.1 Å². The van der Waals surface area contributed by atoms with Crippen molar-refractivity contribution in [3.8, 4) is 41.5 Å². The predicted molar refractivity (Wildman–Crippen MR) is 382 cm³/mol. The Hall–Kier alpha value is -14.4. The summed E-state index contributed by atoms with van der Waals surface area (Å²) >= 11 is 0. The Morgan fingerprint density at radius 2 is 1.27 bits per heavy atom. The molecule has 0 spiro atoms. The molecular formula is C71H78N18O15. The number of aldehydes is 3. The van der Waals surface area contributed by atoms with E-state index < -0.39 is 27.8 Å². The van der Waals surface area contributed by atoms with Crippen molar-refractivity contribution in [1.82, 2.24) is 21.1 Å². The second kappa shape index (κ2) is 53.6. The van der Waals surface area contributed by atoms with Crippen LogP contribution < -0.4 is 40.6 Å². The van der Waals surface area contributed by atoms with Gasteiger partial charge < -0.3 is 64.4 Å². The fourth-order valence-electron chi connectivity index (χ4n) is 7.96. The number of carbonyl (C=O) groups excluding carboxylic acids is 8. The van der Waals surface area contributed by atoms with E-state index in [0.717, 1.165) is 73.6 Å². The molecule has 3 aromatic carbocycles. The number of aryl methyl sites for hydroxylation is 2. The average Bonchev–Trinajstić information content (AvgIpc) is 0.800. The van der Waals surface area contributed by atoms with E-state index in [1.165, 1.54) is 37.6 Å². The summed E-state index contributed by atoms with van der Waals surface area (Å²) in [6.45, 7) is 13.5. The molecule has 2 aliphatic rings. The fourth-order valence-corrected chi connectivity index (χ4v) is 7.96. The van der Waals surface area contributed by atoms with Crippen LogP contribution in [-0.2, 0) is 51.0 Å². The largest absolute Gasteiger partial charge is 0.480 e. The van der Waals surface area contributed by atoms with Crippen molar-refractivity contribution in [2.24, 2.45) is 23.1 Å². The van der Waals surface area contributed by atoms with Crippen molar-refractivity contribution >= 4 is 77.4 Å². The smallest absolute Gasteiger partial charge is 0.342 e. The molecule has 0 amide bonds. The van der Waals surface area contributed by atoms with Crippen LogP contribution in [-0.4, -0.2) is 105 Å². The SMILES string of the molecule is CC(=O)c1cnc(N)c(C#N)c1-c1ccccc1.CCO/C(N)=C\C(=O)c1ccccc1.CCOC(=O)C=C(N)N.CCOC(=O)c1cc([N+](=O)[O-])cnc1N.N.N#CC(C#N)=Cc1ccccc1.N#Cc1cc2c(nc1N)CCCC2.O=CC(C=O)[N+](=O)[O-].O=CC1CCCCC1=O.[C-]#[N+]CC#N. The van der Waals surface area contributed by atoms with Crippen LogP contribution in [0.4, 0.5) is 23.1 Å². The number of aromatic nitrogens is 3. The summed E-state index contributed by atoms with van der Waals surface area (Å²) in [4.78, 5) is 117. The van der Waals surface area contributed by atoms with Crippen molar-refractivity contribution < 1.29 is 62.4 Å². The Balaban J connectivity index is 0. The fraction of sp³-hybridized carbons (Fsp3) is 0.254. The summed E-state index contributed by atoms with van der Waals surface area (Å²) in [6.07, 6.45) is 14.9. The molecule has 0 bridgehead atoms. The predicted octanol–water partition coefficient (Wildman–Crippen LogP) is 8.26. The Morgan fingerprint density at radius 1 is 0.712 bits per heavy atom. The molecule has 1 fully saturated rings. The molecule has 15 N–H and O–H groups in total. The van der Waals surface area contributed by atoms with Gasteiger partial charge in [0.25, 0.3) is 12.2 Å².